The number of amides is 1. The number of aromatic nitrogens is 2. The Morgan fingerprint density at radius 1 is 1.35 bits per heavy atom. The maximum Gasteiger partial charge on any atom is 0.271 e. The minimum atomic E-state index is -3.92. The van der Waals surface area contributed by atoms with E-state index in [9.17, 15) is 13.2 Å². The zero-order valence-electron chi connectivity index (χ0n) is 10.6. The number of sulfonamides is 1. The predicted octanol–water partition coefficient (Wildman–Crippen LogP) is -0.538. The molecule has 0 aliphatic carbocycles. The van der Waals surface area contributed by atoms with E-state index in [0.717, 1.165) is 0 Å². The van der Waals surface area contributed by atoms with Gasteiger partial charge in [0, 0.05) is 13.2 Å². The summed E-state index contributed by atoms with van der Waals surface area (Å²) in [6.45, 7) is 0. The lowest BCUT2D eigenvalue weighted by molar-refractivity contribution is 0.0957. The highest BCUT2D eigenvalue weighted by atomic mass is 32.2. The first-order valence-electron chi connectivity index (χ1n) is 5.54. The number of hydrogen-bond acceptors (Lipinski definition) is 5. The fraction of sp³-hybridized carbons (Fsp3) is 0.0909. The quantitative estimate of drug-likeness (QED) is 0.654. The van der Waals surface area contributed by atoms with E-state index in [1.165, 1.54) is 36.1 Å². The molecule has 0 fully saturated rings. The fourth-order valence-corrected chi connectivity index (χ4v) is 2.37. The molecule has 106 valence electrons. The molecule has 0 aliphatic heterocycles. The second-order valence-corrected chi connectivity index (χ2v) is 5.49. The lowest BCUT2D eigenvalue weighted by atomic mass is 10.3. The maximum absolute atomic E-state index is 11.4. The number of nitrogens with two attached hydrogens (primary N) is 2. The molecule has 20 heavy (non-hydrogen) atoms. The van der Waals surface area contributed by atoms with Crippen LogP contribution in [0.3, 0.4) is 0 Å². The number of carbonyl (C=O) groups excluding carboxylic acids is 1. The van der Waals surface area contributed by atoms with Crippen molar-refractivity contribution in [2.24, 2.45) is 5.14 Å². The molecule has 2 aromatic rings. The third-order valence-electron chi connectivity index (χ3n) is 2.65. The highest BCUT2D eigenvalue weighted by molar-refractivity contribution is 7.89. The molecule has 0 atom stereocenters. The van der Waals surface area contributed by atoms with Crippen molar-refractivity contribution >= 4 is 21.6 Å². The summed E-state index contributed by atoms with van der Waals surface area (Å²) in [7, 11) is -2.44. The summed E-state index contributed by atoms with van der Waals surface area (Å²) in [5.74, 6) is -0.357. The van der Waals surface area contributed by atoms with E-state index >= 15 is 0 Å². The third kappa shape index (κ3) is 2.49. The minimum Gasteiger partial charge on any atom is -0.396 e. The van der Waals surface area contributed by atoms with Crippen LogP contribution in [0.25, 0.3) is 5.69 Å². The molecule has 0 spiro atoms. The van der Waals surface area contributed by atoms with Gasteiger partial charge in [-0.3, -0.25) is 4.79 Å². The molecule has 0 radical (unpaired) electrons. The Morgan fingerprint density at radius 2 is 2.05 bits per heavy atom. The standard InChI is InChI=1S/C11H13N5O3S/c1-14-11(17)7-5-6-16(15-7)8-3-2-4-9(10(8)12)20(13,18)19/h2-6H,12H2,1H3,(H,14,17)(H2,13,18,19). The van der Waals surface area contributed by atoms with Gasteiger partial charge in [0.15, 0.2) is 5.69 Å². The smallest absolute Gasteiger partial charge is 0.271 e. The molecule has 0 saturated heterocycles. The molecule has 1 heterocycles. The number of para-hydroxylation sites is 1. The van der Waals surface area contributed by atoms with Crippen LogP contribution in [0.15, 0.2) is 35.4 Å². The van der Waals surface area contributed by atoms with Gasteiger partial charge in [-0.2, -0.15) is 5.10 Å². The highest BCUT2D eigenvalue weighted by Crippen LogP contribution is 2.24. The van der Waals surface area contributed by atoms with Crippen LogP contribution in [-0.4, -0.2) is 31.2 Å². The van der Waals surface area contributed by atoms with Gasteiger partial charge in [-0.15, -0.1) is 0 Å². The maximum atomic E-state index is 11.4. The summed E-state index contributed by atoms with van der Waals surface area (Å²) in [5, 5.41) is 11.5. The molecule has 0 bridgehead atoms. The van der Waals surface area contributed by atoms with Gasteiger partial charge in [-0.05, 0) is 18.2 Å². The molecule has 2 rings (SSSR count). The van der Waals surface area contributed by atoms with Gasteiger partial charge in [-0.1, -0.05) is 6.07 Å². The summed E-state index contributed by atoms with van der Waals surface area (Å²) in [5.41, 5.74) is 6.29. The Bertz CT molecular complexity index is 766. The van der Waals surface area contributed by atoms with Gasteiger partial charge in [0.1, 0.15) is 4.90 Å². The van der Waals surface area contributed by atoms with Crippen molar-refractivity contribution in [3.8, 4) is 5.69 Å². The average Bonchev–Trinajstić information content (AvgIpc) is 2.86. The topological polar surface area (TPSA) is 133 Å². The summed E-state index contributed by atoms with van der Waals surface area (Å²) in [6, 6.07) is 5.86. The SMILES string of the molecule is CNC(=O)c1ccn(-c2cccc(S(N)(=O)=O)c2N)n1. The van der Waals surface area contributed by atoms with E-state index in [-0.39, 0.29) is 22.2 Å². The van der Waals surface area contributed by atoms with E-state index in [1.54, 1.807) is 6.07 Å². The lowest BCUT2D eigenvalue weighted by Gasteiger charge is -2.09. The second-order valence-electron chi connectivity index (χ2n) is 3.96. The Morgan fingerprint density at radius 3 is 2.65 bits per heavy atom. The van der Waals surface area contributed by atoms with E-state index < -0.39 is 10.0 Å². The van der Waals surface area contributed by atoms with Gasteiger partial charge in [0.05, 0.1) is 11.4 Å². The first-order chi connectivity index (χ1) is 9.34. The van der Waals surface area contributed by atoms with Gasteiger partial charge >= 0.3 is 0 Å². The minimum absolute atomic E-state index is 0.0263. The normalized spacial score (nSPS) is 11.3. The number of carbonyl (C=O) groups is 1. The second kappa shape index (κ2) is 4.94. The van der Waals surface area contributed by atoms with E-state index in [2.05, 4.69) is 10.4 Å². The molecule has 8 nitrogen and oxygen atoms in total. The largest absolute Gasteiger partial charge is 0.396 e. The summed E-state index contributed by atoms with van der Waals surface area (Å²) in [4.78, 5) is 11.2. The van der Waals surface area contributed by atoms with Crippen LogP contribution < -0.4 is 16.2 Å². The molecule has 1 aromatic heterocycles. The Kier molecular flexibility index (Phi) is 3.47. The van der Waals surface area contributed by atoms with Gasteiger partial charge in [0.25, 0.3) is 5.91 Å². The van der Waals surface area contributed by atoms with Crippen LogP contribution in [0, 0.1) is 0 Å². The average molecular weight is 295 g/mol. The van der Waals surface area contributed by atoms with Crippen molar-refractivity contribution in [1.29, 1.82) is 0 Å². The number of nitrogens with zero attached hydrogens (tertiary/aromatic N) is 2. The summed E-state index contributed by atoms with van der Waals surface area (Å²) < 4.78 is 24.1. The molecule has 1 aromatic carbocycles. The summed E-state index contributed by atoms with van der Waals surface area (Å²) >= 11 is 0. The zero-order chi connectivity index (χ0) is 14.9. The molecule has 1 amide bonds. The lowest BCUT2D eigenvalue weighted by Crippen LogP contribution is -2.19. The van der Waals surface area contributed by atoms with Crippen LogP contribution in [-0.2, 0) is 10.0 Å². The first kappa shape index (κ1) is 14.0. The van der Waals surface area contributed by atoms with Gasteiger partial charge < -0.3 is 11.1 Å². The molecular formula is C11H13N5O3S. The van der Waals surface area contributed by atoms with E-state index in [4.69, 9.17) is 10.9 Å². The van der Waals surface area contributed by atoms with Crippen molar-refractivity contribution in [3.05, 3.63) is 36.2 Å². The Labute approximate surface area is 115 Å². The molecule has 9 heteroatoms. The van der Waals surface area contributed by atoms with Gasteiger partial charge in [-0.25, -0.2) is 18.2 Å². The molecule has 0 saturated carbocycles. The van der Waals surface area contributed by atoms with Crippen molar-refractivity contribution in [2.75, 3.05) is 12.8 Å². The third-order valence-corrected chi connectivity index (χ3v) is 3.61. The van der Waals surface area contributed by atoms with Crippen LogP contribution in [0.1, 0.15) is 10.5 Å². The van der Waals surface area contributed by atoms with Crippen molar-refractivity contribution < 1.29 is 13.2 Å². The van der Waals surface area contributed by atoms with E-state index in [1.807, 2.05) is 0 Å². The van der Waals surface area contributed by atoms with Crippen molar-refractivity contribution in [3.63, 3.8) is 0 Å². The first-order valence-corrected chi connectivity index (χ1v) is 7.08. The van der Waals surface area contributed by atoms with Crippen LogP contribution >= 0.6 is 0 Å². The number of anilines is 1. The monoisotopic (exact) mass is 295 g/mol. The van der Waals surface area contributed by atoms with Crippen LogP contribution in [0.2, 0.25) is 0 Å². The van der Waals surface area contributed by atoms with Gasteiger partial charge in [0.2, 0.25) is 10.0 Å². The predicted molar refractivity (Wildman–Crippen MR) is 72.7 cm³/mol. The summed E-state index contributed by atoms with van der Waals surface area (Å²) in [6.07, 6.45) is 1.50. The number of nitrogen functional groups attached to an aromatic ring is 1. The zero-order valence-corrected chi connectivity index (χ0v) is 11.4. The van der Waals surface area contributed by atoms with Crippen molar-refractivity contribution in [1.82, 2.24) is 15.1 Å². The number of rotatable bonds is 3. The van der Waals surface area contributed by atoms with Crippen molar-refractivity contribution in [2.45, 2.75) is 4.90 Å². The van der Waals surface area contributed by atoms with Crippen LogP contribution in [0.5, 0.6) is 0 Å². The Hall–Kier alpha value is -2.39. The van der Waals surface area contributed by atoms with E-state index in [0.29, 0.717) is 5.69 Å². The van der Waals surface area contributed by atoms with Crippen LogP contribution in [0.4, 0.5) is 5.69 Å². The number of benzene rings is 1. The molecular weight excluding hydrogens is 282 g/mol. The number of primary sulfonamides is 1. The number of nitrogens with one attached hydrogen (secondary N) is 1. The Balaban J connectivity index is 2.54. The molecule has 0 unspecified atom stereocenters. The fourth-order valence-electron chi connectivity index (χ4n) is 1.69. The number of hydrogen-bond donors (Lipinski definition) is 3. The molecule has 0 aliphatic rings. The molecule has 5 N–H and O–H groups in total. The highest BCUT2D eigenvalue weighted by Gasteiger charge is 2.17.